The fraction of sp³-hybridized carbons (Fsp3) is 0.444. The number of nitrogens with two attached hydrogens (primary N) is 1. The molecule has 0 bridgehead atoms. The smallest absolute Gasteiger partial charge is 0.273 e. The molecular weight excluding hydrogens is 187 g/mol. The number of nitrogen functional groups attached to an aromatic ring is 1. The molecule has 0 radical (unpaired) electrons. The summed E-state index contributed by atoms with van der Waals surface area (Å²) in [5.41, 5.74) is 3.56. The van der Waals surface area contributed by atoms with Crippen molar-refractivity contribution < 1.29 is 9.50 Å². The molecule has 78 valence electrons. The van der Waals surface area contributed by atoms with Crippen LogP contribution in [0.2, 0.25) is 0 Å². The van der Waals surface area contributed by atoms with Gasteiger partial charge in [0.05, 0.1) is 12.1 Å². The topological polar surface area (TPSA) is 68.2 Å². The van der Waals surface area contributed by atoms with Crippen molar-refractivity contribution in [2.75, 3.05) is 5.73 Å². The van der Waals surface area contributed by atoms with Crippen molar-refractivity contribution >= 4 is 5.69 Å². The van der Waals surface area contributed by atoms with Gasteiger partial charge in [-0.2, -0.15) is 0 Å². The molecule has 5 heteroatoms. The molecule has 0 saturated carbocycles. The third-order valence-corrected chi connectivity index (χ3v) is 1.64. The van der Waals surface area contributed by atoms with E-state index in [0.717, 1.165) is 16.8 Å². The highest BCUT2D eigenvalue weighted by Gasteiger charge is 2.15. The third-order valence-electron chi connectivity index (χ3n) is 1.64. The molecule has 0 aliphatic carbocycles. The van der Waals surface area contributed by atoms with Crippen molar-refractivity contribution in [2.24, 2.45) is 0 Å². The lowest BCUT2D eigenvalue weighted by Gasteiger charge is -2.18. The summed E-state index contributed by atoms with van der Waals surface area (Å²) < 4.78 is 13.9. The summed E-state index contributed by atoms with van der Waals surface area (Å²) in [7, 11) is 0. The third kappa shape index (κ3) is 2.56. The summed E-state index contributed by atoms with van der Waals surface area (Å²) in [5.74, 6) is -0.591. The molecule has 0 aliphatic heterocycles. The van der Waals surface area contributed by atoms with Crippen molar-refractivity contribution in [3.8, 4) is 0 Å². The van der Waals surface area contributed by atoms with E-state index in [1.54, 1.807) is 0 Å². The van der Waals surface area contributed by atoms with Gasteiger partial charge in [0.1, 0.15) is 11.5 Å². The molecule has 0 saturated heterocycles. The summed E-state index contributed by atoms with van der Waals surface area (Å²) in [6.07, 6.45) is 1.02. The van der Waals surface area contributed by atoms with E-state index in [9.17, 15) is 14.3 Å². The fourth-order valence-corrected chi connectivity index (χ4v) is 1.16. The van der Waals surface area contributed by atoms with Gasteiger partial charge in [0.15, 0.2) is 0 Å². The summed E-state index contributed by atoms with van der Waals surface area (Å²) in [5, 5.41) is 9.45. The molecule has 1 rings (SSSR count). The fourth-order valence-electron chi connectivity index (χ4n) is 1.16. The summed E-state index contributed by atoms with van der Waals surface area (Å²) in [4.78, 5) is 11.4. The number of hydrogen-bond donors (Lipinski definition) is 2. The Labute approximate surface area is 80.8 Å². The highest BCUT2D eigenvalue weighted by atomic mass is 19.1. The lowest BCUT2D eigenvalue weighted by Crippen LogP contribution is -2.33. The molecule has 0 unspecified atom stereocenters. The van der Waals surface area contributed by atoms with Gasteiger partial charge in [-0.25, -0.2) is 4.39 Å². The van der Waals surface area contributed by atoms with Crippen molar-refractivity contribution in [2.45, 2.75) is 26.0 Å². The average molecular weight is 200 g/mol. The minimum absolute atomic E-state index is 0.00773. The second-order valence-electron chi connectivity index (χ2n) is 3.86. The number of aromatic nitrogens is 1. The van der Waals surface area contributed by atoms with Crippen LogP contribution >= 0.6 is 0 Å². The van der Waals surface area contributed by atoms with Crippen LogP contribution in [0.25, 0.3) is 0 Å². The van der Waals surface area contributed by atoms with Gasteiger partial charge in [0.25, 0.3) is 5.56 Å². The largest absolute Gasteiger partial charge is 0.394 e. The lowest BCUT2D eigenvalue weighted by molar-refractivity contribution is 0.0603. The number of rotatable bonds is 2. The molecule has 0 amide bonds. The number of hydrogen-bond acceptors (Lipinski definition) is 3. The molecule has 0 spiro atoms. The van der Waals surface area contributed by atoms with Gasteiger partial charge in [-0.15, -0.1) is 0 Å². The van der Waals surface area contributed by atoms with E-state index >= 15 is 0 Å². The van der Waals surface area contributed by atoms with Gasteiger partial charge in [-0.05, 0) is 13.8 Å². The molecule has 4 nitrogen and oxygen atoms in total. The van der Waals surface area contributed by atoms with Crippen LogP contribution in [0.1, 0.15) is 13.8 Å². The minimum Gasteiger partial charge on any atom is -0.394 e. The lowest BCUT2D eigenvalue weighted by atomic mass is 10.1. The quantitative estimate of drug-likeness (QED) is 0.723. The molecule has 1 heterocycles. The van der Waals surface area contributed by atoms with Crippen molar-refractivity contribution in [1.82, 2.24) is 4.57 Å². The Morgan fingerprint density at radius 3 is 2.71 bits per heavy atom. The molecule has 14 heavy (non-hydrogen) atoms. The Hall–Kier alpha value is -1.36. The number of halogens is 1. The first-order valence-electron chi connectivity index (χ1n) is 4.17. The van der Waals surface area contributed by atoms with E-state index < -0.39 is 17.0 Å². The normalized spacial score (nSPS) is 11.7. The van der Waals surface area contributed by atoms with Gasteiger partial charge in [-0.1, -0.05) is 0 Å². The Morgan fingerprint density at radius 2 is 2.21 bits per heavy atom. The molecule has 1 aromatic rings. The van der Waals surface area contributed by atoms with Gasteiger partial charge in [0.2, 0.25) is 0 Å². The monoisotopic (exact) mass is 200 g/mol. The molecule has 3 N–H and O–H groups in total. The van der Waals surface area contributed by atoms with E-state index in [2.05, 4.69) is 0 Å². The first-order chi connectivity index (χ1) is 6.29. The Kier molecular flexibility index (Phi) is 2.62. The second kappa shape index (κ2) is 3.42. The molecule has 0 fully saturated rings. The van der Waals surface area contributed by atoms with E-state index in [4.69, 9.17) is 5.73 Å². The Morgan fingerprint density at radius 1 is 1.64 bits per heavy atom. The first-order valence-corrected chi connectivity index (χ1v) is 4.17. The zero-order chi connectivity index (χ0) is 10.9. The second-order valence-corrected chi connectivity index (χ2v) is 3.86. The standard InChI is InChI=1S/C9H13FN2O2/c1-9(2,14)5-12-4-6(10)3-7(11)8(12)13/h3-4,14H,5,11H2,1-2H3. The van der Waals surface area contributed by atoms with E-state index in [1.165, 1.54) is 13.8 Å². The number of anilines is 1. The Bertz CT molecular complexity index is 393. The number of nitrogens with zero attached hydrogens (tertiary/aromatic N) is 1. The van der Waals surface area contributed by atoms with Crippen molar-refractivity contribution in [1.29, 1.82) is 0 Å². The van der Waals surface area contributed by atoms with Crippen LogP contribution in [0.3, 0.4) is 0 Å². The van der Waals surface area contributed by atoms with Crippen molar-refractivity contribution in [3.63, 3.8) is 0 Å². The summed E-state index contributed by atoms with van der Waals surface area (Å²) >= 11 is 0. The molecule has 0 aliphatic rings. The van der Waals surface area contributed by atoms with Gasteiger partial charge >= 0.3 is 0 Å². The molecule has 0 atom stereocenters. The maximum Gasteiger partial charge on any atom is 0.273 e. The van der Waals surface area contributed by atoms with Gasteiger partial charge in [0, 0.05) is 12.3 Å². The number of aliphatic hydroxyl groups is 1. The predicted molar refractivity (Wildman–Crippen MR) is 51.4 cm³/mol. The highest BCUT2D eigenvalue weighted by molar-refractivity contribution is 5.34. The van der Waals surface area contributed by atoms with Crippen LogP contribution in [-0.2, 0) is 6.54 Å². The zero-order valence-corrected chi connectivity index (χ0v) is 8.12. The number of pyridine rings is 1. The van der Waals surface area contributed by atoms with Crippen LogP contribution in [0.5, 0.6) is 0 Å². The minimum atomic E-state index is -1.08. The first kappa shape index (κ1) is 10.7. The maximum absolute atomic E-state index is 12.9. The van der Waals surface area contributed by atoms with E-state index in [-0.39, 0.29) is 12.2 Å². The van der Waals surface area contributed by atoms with Crippen LogP contribution in [0.4, 0.5) is 10.1 Å². The van der Waals surface area contributed by atoms with Gasteiger partial charge in [-0.3, -0.25) is 4.79 Å². The van der Waals surface area contributed by atoms with Crippen LogP contribution in [0.15, 0.2) is 17.1 Å². The Balaban J connectivity index is 3.16. The predicted octanol–water partition coefficient (Wildman–Crippen LogP) is 0.341. The van der Waals surface area contributed by atoms with E-state index in [1.807, 2.05) is 0 Å². The van der Waals surface area contributed by atoms with Crippen LogP contribution in [0, 0.1) is 5.82 Å². The van der Waals surface area contributed by atoms with Gasteiger partial charge < -0.3 is 15.4 Å². The molecular formula is C9H13FN2O2. The zero-order valence-electron chi connectivity index (χ0n) is 8.12. The van der Waals surface area contributed by atoms with E-state index in [0.29, 0.717) is 0 Å². The van der Waals surface area contributed by atoms with Crippen LogP contribution in [-0.4, -0.2) is 15.3 Å². The van der Waals surface area contributed by atoms with Crippen molar-refractivity contribution in [3.05, 3.63) is 28.4 Å². The summed E-state index contributed by atoms with van der Waals surface area (Å²) in [6.45, 7) is 3.06. The van der Waals surface area contributed by atoms with Crippen LogP contribution < -0.4 is 11.3 Å². The SMILES string of the molecule is CC(C)(O)Cn1cc(F)cc(N)c1=O. The molecule has 1 aromatic heterocycles. The highest BCUT2D eigenvalue weighted by Crippen LogP contribution is 2.06. The maximum atomic E-state index is 12.9. The average Bonchev–Trinajstić information content (AvgIpc) is 1.96. The molecule has 0 aromatic carbocycles. The summed E-state index contributed by atoms with van der Waals surface area (Å²) in [6, 6.07) is 0.962.